The lowest BCUT2D eigenvalue weighted by molar-refractivity contribution is -0.136. The van der Waals surface area contributed by atoms with Gasteiger partial charge in [0.05, 0.1) is 31.8 Å². The number of aromatic amines is 1. The highest BCUT2D eigenvalue weighted by molar-refractivity contribution is 5.78. The highest BCUT2D eigenvalue weighted by atomic mass is 16.5. The summed E-state index contributed by atoms with van der Waals surface area (Å²) in [5.41, 5.74) is 4.78. The van der Waals surface area contributed by atoms with Crippen molar-refractivity contribution >= 4 is 5.91 Å². The van der Waals surface area contributed by atoms with Gasteiger partial charge in [-0.1, -0.05) is 42.5 Å². The van der Waals surface area contributed by atoms with Crippen molar-refractivity contribution < 1.29 is 14.3 Å². The number of rotatable bonds is 8. The number of carbonyl (C=O) groups excluding carboxylic acids is 1. The number of hydrogen-bond acceptors (Lipinski definition) is 5. The molecule has 0 radical (unpaired) electrons. The third-order valence-corrected chi connectivity index (χ3v) is 5.79. The Hall–Kier alpha value is -2.90. The molecule has 2 heterocycles. The highest BCUT2D eigenvalue weighted by Crippen LogP contribution is 2.34. The van der Waals surface area contributed by atoms with Crippen molar-refractivity contribution in [2.45, 2.75) is 18.9 Å². The van der Waals surface area contributed by atoms with Crippen LogP contribution in [0.3, 0.4) is 0 Å². The largest absolute Gasteiger partial charge is 0.382 e. The number of carbonyl (C=O) groups is 1. The van der Waals surface area contributed by atoms with Crippen LogP contribution in [0.25, 0.3) is 0 Å². The first-order valence-electron chi connectivity index (χ1n) is 10.8. The zero-order chi connectivity index (χ0) is 21.5. The molecule has 31 heavy (non-hydrogen) atoms. The minimum absolute atomic E-state index is 0.0153. The zero-order valence-electron chi connectivity index (χ0n) is 18.0. The van der Waals surface area contributed by atoms with E-state index >= 15 is 0 Å². The fourth-order valence-corrected chi connectivity index (χ4v) is 4.16. The van der Waals surface area contributed by atoms with E-state index in [0.29, 0.717) is 32.2 Å². The summed E-state index contributed by atoms with van der Waals surface area (Å²) >= 11 is 0. The van der Waals surface area contributed by atoms with Gasteiger partial charge in [-0.05, 0) is 17.6 Å². The van der Waals surface area contributed by atoms with Crippen LogP contribution in [0.4, 0.5) is 0 Å². The van der Waals surface area contributed by atoms with E-state index in [4.69, 9.17) is 9.47 Å². The maximum absolute atomic E-state index is 12.8. The molecule has 1 unspecified atom stereocenters. The third kappa shape index (κ3) is 5.42. The molecule has 1 amide bonds. The van der Waals surface area contributed by atoms with E-state index < -0.39 is 0 Å². The molecule has 1 aliphatic carbocycles. The molecule has 7 nitrogen and oxygen atoms in total. The van der Waals surface area contributed by atoms with E-state index in [-0.39, 0.29) is 12.5 Å². The number of benzene rings is 1. The number of nitrogens with zero attached hydrogens (tertiary/aromatic N) is 3. The Balaban J connectivity index is 1.53. The van der Waals surface area contributed by atoms with Gasteiger partial charge < -0.3 is 24.3 Å². The number of ether oxygens (including phenoxy) is 2. The van der Waals surface area contributed by atoms with Crippen LogP contribution in [0, 0.1) is 0 Å². The molecule has 0 spiro atoms. The van der Waals surface area contributed by atoms with Gasteiger partial charge in [-0.25, -0.2) is 4.98 Å². The molecule has 1 aliphatic heterocycles. The van der Waals surface area contributed by atoms with Crippen LogP contribution in [0.2, 0.25) is 0 Å². The van der Waals surface area contributed by atoms with Crippen LogP contribution in [0.1, 0.15) is 23.6 Å². The van der Waals surface area contributed by atoms with Crippen LogP contribution in [0.5, 0.6) is 0 Å². The lowest BCUT2D eigenvalue weighted by Crippen LogP contribution is -2.37. The molecule has 0 saturated carbocycles. The molecular weight excluding hydrogens is 392 g/mol. The van der Waals surface area contributed by atoms with Gasteiger partial charge in [-0.2, -0.15) is 0 Å². The molecule has 1 N–H and O–H groups in total. The Labute approximate surface area is 183 Å². The SMILES string of the molecule is COCCOCC(=O)N1CCN(Cc2cnc[nH]2)C2=CCC(c3ccccc3)C=C2C1. The third-order valence-electron chi connectivity index (χ3n) is 5.79. The quantitative estimate of drug-likeness (QED) is 0.663. The molecule has 1 aromatic carbocycles. The second-order valence-corrected chi connectivity index (χ2v) is 7.89. The van der Waals surface area contributed by atoms with Crippen molar-refractivity contribution in [3.8, 4) is 0 Å². The van der Waals surface area contributed by atoms with Crippen LogP contribution < -0.4 is 0 Å². The lowest BCUT2D eigenvalue weighted by Gasteiger charge is -2.29. The average molecular weight is 423 g/mol. The van der Waals surface area contributed by atoms with Gasteiger partial charge in [0.25, 0.3) is 0 Å². The van der Waals surface area contributed by atoms with Crippen LogP contribution in [0.15, 0.2) is 66.3 Å². The first-order valence-corrected chi connectivity index (χ1v) is 10.8. The van der Waals surface area contributed by atoms with Gasteiger partial charge in [0.1, 0.15) is 6.61 Å². The Bertz CT molecular complexity index is 908. The molecule has 1 atom stereocenters. The predicted octanol–water partition coefficient (Wildman–Crippen LogP) is 2.71. The van der Waals surface area contributed by atoms with E-state index in [0.717, 1.165) is 25.2 Å². The normalized spacial score (nSPS) is 18.8. The minimum atomic E-state index is 0.0153. The van der Waals surface area contributed by atoms with E-state index in [9.17, 15) is 4.79 Å². The fraction of sp³-hybridized carbons (Fsp3) is 0.417. The summed E-state index contributed by atoms with van der Waals surface area (Å²) in [4.78, 5) is 24.4. The van der Waals surface area contributed by atoms with Crippen molar-refractivity contribution in [2.24, 2.45) is 0 Å². The number of nitrogens with one attached hydrogen (secondary N) is 1. The minimum Gasteiger partial charge on any atom is -0.382 e. The number of imidazole rings is 1. The summed E-state index contributed by atoms with van der Waals surface area (Å²) in [6.07, 6.45) is 9.18. The Morgan fingerprint density at radius 1 is 1.23 bits per heavy atom. The zero-order valence-corrected chi connectivity index (χ0v) is 18.0. The standard InChI is InChI=1S/C24H30N4O3/c1-30-11-12-31-17-24(29)28-10-9-27(16-22-14-25-18-26-22)23-8-7-20(13-21(23)15-28)19-5-3-2-4-6-19/h2-6,8,13-14,18,20H,7,9-12,15-17H2,1H3,(H,25,26). The van der Waals surface area contributed by atoms with E-state index in [1.807, 2.05) is 17.2 Å². The van der Waals surface area contributed by atoms with Gasteiger partial charge in [-0.15, -0.1) is 0 Å². The molecule has 164 valence electrons. The van der Waals surface area contributed by atoms with Crippen LogP contribution in [-0.4, -0.2) is 72.2 Å². The van der Waals surface area contributed by atoms with Crippen molar-refractivity contribution in [3.63, 3.8) is 0 Å². The Morgan fingerprint density at radius 3 is 2.87 bits per heavy atom. The van der Waals surface area contributed by atoms with Crippen LogP contribution in [-0.2, 0) is 20.8 Å². The maximum atomic E-state index is 12.8. The molecule has 1 fully saturated rings. The summed E-state index contributed by atoms with van der Waals surface area (Å²) in [6, 6.07) is 10.6. The molecule has 4 rings (SSSR count). The smallest absolute Gasteiger partial charge is 0.248 e. The molecule has 2 aromatic rings. The summed E-state index contributed by atoms with van der Waals surface area (Å²) in [5, 5.41) is 0. The summed E-state index contributed by atoms with van der Waals surface area (Å²) in [6.45, 7) is 3.76. The van der Waals surface area contributed by atoms with Crippen molar-refractivity contribution in [3.05, 3.63) is 77.5 Å². The fourth-order valence-electron chi connectivity index (χ4n) is 4.16. The molecule has 0 bridgehead atoms. The number of hydrogen-bond donors (Lipinski definition) is 1. The molecular formula is C24H30N4O3. The van der Waals surface area contributed by atoms with Gasteiger partial charge in [-0.3, -0.25) is 4.79 Å². The summed E-state index contributed by atoms with van der Waals surface area (Å²) in [5.74, 6) is 0.337. The number of amides is 1. The second kappa shape index (κ2) is 10.4. The summed E-state index contributed by atoms with van der Waals surface area (Å²) < 4.78 is 10.5. The van der Waals surface area contributed by atoms with E-state index in [1.165, 1.54) is 16.8 Å². The second-order valence-electron chi connectivity index (χ2n) is 7.89. The van der Waals surface area contributed by atoms with Gasteiger partial charge in [0, 0.05) is 44.6 Å². The molecule has 7 heteroatoms. The first-order chi connectivity index (χ1) is 15.2. The van der Waals surface area contributed by atoms with Crippen LogP contribution >= 0.6 is 0 Å². The highest BCUT2D eigenvalue weighted by Gasteiger charge is 2.28. The Morgan fingerprint density at radius 2 is 2.10 bits per heavy atom. The monoisotopic (exact) mass is 422 g/mol. The lowest BCUT2D eigenvalue weighted by atomic mass is 9.87. The van der Waals surface area contributed by atoms with Gasteiger partial charge >= 0.3 is 0 Å². The van der Waals surface area contributed by atoms with E-state index in [1.54, 1.807) is 13.4 Å². The summed E-state index contributed by atoms with van der Waals surface area (Å²) in [7, 11) is 1.63. The number of allylic oxidation sites excluding steroid dienone is 2. The van der Waals surface area contributed by atoms with Gasteiger partial charge in [0.15, 0.2) is 0 Å². The van der Waals surface area contributed by atoms with Crippen molar-refractivity contribution in [1.82, 2.24) is 19.8 Å². The average Bonchev–Trinajstić information content (AvgIpc) is 3.25. The number of methoxy groups -OCH3 is 1. The van der Waals surface area contributed by atoms with Crippen molar-refractivity contribution in [1.29, 1.82) is 0 Å². The predicted molar refractivity (Wildman–Crippen MR) is 118 cm³/mol. The molecule has 2 aliphatic rings. The molecule has 1 aromatic heterocycles. The maximum Gasteiger partial charge on any atom is 0.248 e. The van der Waals surface area contributed by atoms with E-state index in [2.05, 4.69) is 51.3 Å². The number of fused-ring (bicyclic) bond motifs is 1. The molecule has 1 saturated heterocycles. The number of H-pyrrole nitrogens is 1. The number of aromatic nitrogens is 2. The van der Waals surface area contributed by atoms with Crippen molar-refractivity contribution in [2.75, 3.05) is 46.6 Å². The Kier molecular flexibility index (Phi) is 7.17. The topological polar surface area (TPSA) is 70.7 Å². The van der Waals surface area contributed by atoms with Gasteiger partial charge in [0.2, 0.25) is 5.91 Å². The first kappa shape index (κ1) is 21.3.